The van der Waals surface area contributed by atoms with Gasteiger partial charge in [0.2, 0.25) is 11.8 Å². The van der Waals surface area contributed by atoms with Gasteiger partial charge in [-0.2, -0.15) is 0 Å². The number of nitrogens with zero attached hydrogens (tertiary/aromatic N) is 2. The molecule has 0 fully saturated rings. The number of sulfonamides is 1. The molecule has 3 rings (SSSR count). The van der Waals surface area contributed by atoms with Crippen LogP contribution in [0.15, 0.2) is 83.8 Å². The van der Waals surface area contributed by atoms with E-state index in [1.807, 2.05) is 45.0 Å². The standard InChI is InChI=1S/C30H36IN3O4S/c1-4-6-20-32-30(36)28(5-2)33(21-24-13-11-10-12-23(24)3)29(35)22-34(26-18-16-25(31)17-19-26)39(37,38)27-14-8-7-9-15-27/h7-19,28H,4-6,20-22H2,1-3H3,(H,32,36)/t28-/m1/s1. The Hall–Kier alpha value is -2.92. The third kappa shape index (κ3) is 8.04. The highest BCUT2D eigenvalue weighted by atomic mass is 127. The summed E-state index contributed by atoms with van der Waals surface area (Å²) >= 11 is 2.15. The topological polar surface area (TPSA) is 86.8 Å². The van der Waals surface area contributed by atoms with E-state index in [0.29, 0.717) is 18.7 Å². The van der Waals surface area contributed by atoms with Crippen molar-refractivity contribution in [3.05, 3.63) is 93.6 Å². The number of carbonyl (C=O) groups excluding carboxylic acids is 2. The van der Waals surface area contributed by atoms with E-state index in [0.717, 1.165) is 31.8 Å². The minimum absolute atomic E-state index is 0.0890. The van der Waals surface area contributed by atoms with Crippen molar-refractivity contribution in [2.75, 3.05) is 17.4 Å². The first-order valence-corrected chi connectivity index (χ1v) is 15.7. The molecule has 208 valence electrons. The quantitative estimate of drug-likeness (QED) is 0.193. The fourth-order valence-electron chi connectivity index (χ4n) is 4.25. The van der Waals surface area contributed by atoms with E-state index in [1.165, 1.54) is 17.0 Å². The lowest BCUT2D eigenvalue weighted by Crippen LogP contribution is -2.52. The Labute approximate surface area is 245 Å². The predicted octanol–water partition coefficient (Wildman–Crippen LogP) is 5.52. The summed E-state index contributed by atoms with van der Waals surface area (Å²) < 4.78 is 29.7. The van der Waals surface area contributed by atoms with Crippen molar-refractivity contribution in [2.45, 2.75) is 57.5 Å². The third-order valence-electron chi connectivity index (χ3n) is 6.54. The summed E-state index contributed by atoms with van der Waals surface area (Å²) in [5, 5.41) is 2.95. The number of hydrogen-bond donors (Lipinski definition) is 1. The molecule has 1 N–H and O–H groups in total. The van der Waals surface area contributed by atoms with Crippen molar-refractivity contribution in [2.24, 2.45) is 0 Å². The normalized spacial score (nSPS) is 12.0. The van der Waals surface area contributed by atoms with Gasteiger partial charge in [-0.1, -0.05) is 62.7 Å². The van der Waals surface area contributed by atoms with Gasteiger partial charge in [-0.05, 0) is 89.9 Å². The largest absolute Gasteiger partial charge is 0.354 e. The fraction of sp³-hybridized carbons (Fsp3) is 0.333. The van der Waals surface area contributed by atoms with Crippen molar-refractivity contribution in [1.82, 2.24) is 10.2 Å². The molecule has 0 aliphatic heterocycles. The van der Waals surface area contributed by atoms with Crippen molar-refractivity contribution in [1.29, 1.82) is 0 Å². The molecule has 0 radical (unpaired) electrons. The molecule has 9 heteroatoms. The molecule has 7 nitrogen and oxygen atoms in total. The van der Waals surface area contributed by atoms with Crippen LogP contribution in [0, 0.1) is 10.5 Å². The lowest BCUT2D eigenvalue weighted by molar-refractivity contribution is -0.140. The van der Waals surface area contributed by atoms with Crippen LogP contribution in [-0.2, 0) is 26.2 Å². The molecule has 0 heterocycles. The van der Waals surface area contributed by atoms with Crippen molar-refractivity contribution in [3.63, 3.8) is 0 Å². The molecule has 0 aliphatic rings. The highest BCUT2D eigenvalue weighted by Crippen LogP contribution is 2.26. The van der Waals surface area contributed by atoms with Crippen LogP contribution in [0.4, 0.5) is 5.69 Å². The zero-order valence-corrected chi connectivity index (χ0v) is 25.6. The summed E-state index contributed by atoms with van der Waals surface area (Å²) in [6.45, 7) is 6.14. The lowest BCUT2D eigenvalue weighted by Gasteiger charge is -2.33. The summed E-state index contributed by atoms with van der Waals surface area (Å²) in [6, 6.07) is 22.0. The number of nitrogens with one attached hydrogen (secondary N) is 1. The first-order valence-electron chi connectivity index (χ1n) is 13.1. The van der Waals surface area contributed by atoms with Crippen LogP contribution in [0.1, 0.15) is 44.2 Å². The number of anilines is 1. The molecule has 2 amide bonds. The highest BCUT2D eigenvalue weighted by molar-refractivity contribution is 14.1. The van der Waals surface area contributed by atoms with E-state index in [-0.39, 0.29) is 17.3 Å². The van der Waals surface area contributed by atoms with E-state index in [1.54, 1.807) is 42.5 Å². The van der Waals surface area contributed by atoms with Crippen LogP contribution < -0.4 is 9.62 Å². The molecule has 1 atom stereocenters. The van der Waals surface area contributed by atoms with Gasteiger partial charge in [-0.3, -0.25) is 13.9 Å². The number of unbranched alkanes of at least 4 members (excludes halogenated alkanes) is 1. The van der Waals surface area contributed by atoms with E-state index >= 15 is 0 Å². The number of halogens is 1. The number of aryl methyl sites for hydroxylation is 1. The maximum Gasteiger partial charge on any atom is 0.264 e. The van der Waals surface area contributed by atoms with Gasteiger partial charge in [0.25, 0.3) is 10.0 Å². The van der Waals surface area contributed by atoms with Gasteiger partial charge < -0.3 is 10.2 Å². The second kappa shape index (κ2) is 14.5. The minimum atomic E-state index is -4.06. The molecule has 0 spiro atoms. The SMILES string of the molecule is CCCCNC(=O)[C@@H](CC)N(Cc1ccccc1C)C(=O)CN(c1ccc(I)cc1)S(=O)(=O)c1ccccc1. The van der Waals surface area contributed by atoms with E-state index in [2.05, 4.69) is 27.9 Å². The second-order valence-corrected chi connectivity index (χ2v) is 12.4. The smallest absolute Gasteiger partial charge is 0.264 e. The Balaban J connectivity index is 2.02. The Morgan fingerprint density at radius 2 is 1.56 bits per heavy atom. The molecule has 0 unspecified atom stereocenters. The average molecular weight is 662 g/mol. The zero-order valence-electron chi connectivity index (χ0n) is 22.6. The van der Waals surface area contributed by atoms with Crippen LogP contribution in [-0.4, -0.2) is 44.3 Å². The monoisotopic (exact) mass is 661 g/mol. The Bertz CT molecular complexity index is 1350. The van der Waals surface area contributed by atoms with Crippen LogP contribution in [0.5, 0.6) is 0 Å². The number of hydrogen-bond acceptors (Lipinski definition) is 4. The van der Waals surface area contributed by atoms with Gasteiger partial charge in [-0.25, -0.2) is 8.42 Å². The average Bonchev–Trinajstić information content (AvgIpc) is 2.93. The fourth-order valence-corrected chi connectivity index (χ4v) is 6.05. The number of rotatable bonds is 13. The van der Waals surface area contributed by atoms with Crippen LogP contribution in [0.3, 0.4) is 0 Å². The highest BCUT2D eigenvalue weighted by Gasteiger charge is 2.33. The zero-order chi connectivity index (χ0) is 28.4. The van der Waals surface area contributed by atoms with Gasteiger partial charge in [0.15, 0.2) is 0 Å². The van der Waals surface area contributed by atoms with Crippen LogP contribution >= 0.6 is 22.6 Å². The number of amides is 2. The minimum Gasteiger partial charge on any atom is -0.354 e. The first-order chi connectivity index (χ1) is 18.7. The first kappa shape index (κ1) is 30.6. The Morgan fingerprint density at radius 3 is 2.18 bits per heavy atom. The molecule has 0 aliphatic carbocycles. The van der Waals surface area contributed by atoms with Gasteiger partial charge in [0, 0.05) is 16.7 Å². The van der Waals surface area contributed by atoms with Crippen molar-refractivity contribution in [3.8, 4) is 0 Å². The van der Waals surface area contributed by atoms with E-state index in [4.69, 9.17) is 0 Å². The molecule has 0 saturated heterocycles. The second-order valence-electron chi connectivity index (χ2n) is 9.32. The third-order valence-corrected chi connectivity index (χ3v) is 9.05. The molecular weight excluding hydrogens is 625 g/mol. The summed E-state index contributed by atoms with van der Waals surface area (Å²) in [4.78, 5) is 28.9. The van der Waals surface area contributed by atoms with Crippen LogP contribution in [0.25, 0.3) is 0 Å². The van der Waals surface area contributed by atoms with Gasteiger partial charge in [0.1, 0.15) is 12.6 Å². The van der Waals surface area contributed by atoms with Gasteiger partial charge in [0.05, 0.1) is 10.6 Å². The van der Waals surface area contributed by atoms with E-state index < -0.39 is 28.5 Å². The number of benzene rings is 3. The van der Waals surface area contributed by atoms with Crippen molar-refractivity contribution < 1.29 is 18.0 Å². The maximum atomic E-state index is 14.1. The molecule has 0 aromatic heterocycles. The van der Waals surface area contributed by atoms with Crippen molar-refractivity contribution >= 4 is 50.1 Å². The predicted molar refractivity (Wildman–Crippen MR) is 164 cm³/mol. The van der Waals surface area contributed by atoms with Crippen LogP contribution in [0.2, 0.25) is 0 Å². The molecule has 0 bridgehead atoms. The summed E-state index contributed by atoms with van der Waals surface area (Å²) in [5.41, 5.74) is 2.27. The number of carbonyl (C=O) groups is 2. The molecule has 39 heavy (non-hydrogen) atoms. The molecule has 0 saturated carbocycles. The molecule has 3 aromatic carbocycles. The molecule has 3 aromatic rings. The summed E-state index contributed by atoms with van der Waals surface area (Å²) in [7, 11) is -4.06. The van der Waals surface area contributed by atoms with Gasteiger partial charge >= 0.3 is 0 Å². The summed E-state index contributed by atoms with van der Waals surface area (Å²) in [5.74, 6) is -0.687. The summed E-state index contributed by atoms with van der Waals surface area (Å²) in [6.07, 6.45) is 2.17. The molecular formula is C30H36IN3O4S. The Morgan fingerprint density at radius 1 is 0.923 bits per heavy atom. The maximum absolute atomic E-state index is 14.1. The Kier molecular flexibility index (Phi) is 11.4. The van der Waals surface area contributed by atoms with E-state index in [9.17, 15) is 18.0 Å². The van der Waals surface area contributed by atoms with Gasteiger partial charge in [-0.15, -0.1) is 0 Å². The lowest BCUT2D eigenvalue weighted by atomic mass is 10.1.